The van der Waals surface area contributed by atoms with E-state index >= 15 is 0 Å². The molecule has 2 heterocycles. The molecule has 2 atom stereocenters. The number of carbonyl (C=O) groups excluding carboxylic acids is 1. The van der Waals surface area contributed by atoms with Crippen molar-refractivity contribution in [2.24, 2.45) is 5.92 Å². The van der Waals surface area contributed by atoms with Crippen molar-refractivity contribution in [2.45, 2.75) is 40.2 Å². The third kappa shape index (κ3) is 3.20. The maximum atomic E-state index is 13.1. The average molecular weight is 404 g/mol. The van der Waals surface area contributed by atoms with Gasteiger partial charge in [0, 0.05) is 17.2 Å². The molecule has 1 aromatic heterocycles. The number of rotatable bonds is 3. The molecule has 5 heteroatoms. The SMILES string of the molecule is CC(C)=CCc1c2c(c(O)c3c(-c4ccccc4)cc(=O)oc13)C(=O)C(C)C(C)O2. The lowest BCUT2D eigenvalue weighted by molar-refractivity contribution is 0.0723. The lowest BCUT2D eigenvalue weighted by Crippen LogP contribution is -2.34. The van der Waals surface area contributed by atoms with E-state index in [1.807, 2.05) is 57.2 Å². The lowest BCUT2D eigenvalue weighted by Gasteiger charge is -2.30. The molecule has 4 rings (SSSR count). The van der Waals surface area contributed by atoms with Crippen LogP contribution in [0.15, 0.2) is 57.3 Å². The number of hydrogen-bond acceptors (Lipinski definition) is 5. The molecule has 1 aliphatic heterocycles. The van der Waals surface area contributed by atoms with Crippen LogP contribution in [0.3, 0.4) is 0 Å². The smallest absolute Gasteiger partial charge is 0.336 e. The molecule has 5 nitrogen and oxygen atoms in total. The van der Waals surface area contributed by atoms with Gasteiger partial charge >= 0.3 is 5.63 Å². The van der Waals surface area contributed by atoms with E-state index in [9.17, 15) is 14.7 Å². The van der Waals surface area contributed by atoms with Crippen LogP contribution in [-0.4, -0.2) is 17.0 Å². The molecule has 3 aromatic rings. The topological polar surface area (TPSA) is 76.7 Å². The van der Waals surface area contributed by atoms with E-state index in [0.29, 0.717) is 28.7 Å². The van der Waals surface area contributed by atoms with Gasteiger partial charge in [-0.25, -0.2) is 4.79 Å². The first kappa shape index (κ1) is 20.0. The Labute approximate surface area is 174 Å². The number of benzene rings is 2. The quantitative estimate of drug-likeness (QED) is 0.475. The third-order valence-corrected chi connectivity index (χ3v) is 5.68. The Morgan fingerprint density at radius 3 is 2.50 bits per heavy atom. The molecule has 0 saturated heterocycles. The maximum Gasteiger partial charge on any atom is 0.336 e. The van der Waals surface area contributed by atoms with Crippen molar-refractivity contribution in [3.05, 3.63) is 69.6 Å². The highest BCUT2D eigenvalue weighted by Gasteiger charge is 2.37. The van der Waals surface area contributed by atoms with Crippen LogP contribution in [0.25, 0.3) is 22.1 Å². The summed E-state index contributed by atoms with van der Waals surface area (Å²) in [7, 11) is 0. The summed E-state index contributed by atoms with van der Waals surface area (Å²) in [5, 5.41) is 11.6. The monoisotopic (exact) mass is 404 g/mol. The van der Waals surface area contributed by atoms with E-state index in [4.69, 9.17) is 9.15 Å². The largest absolute Gasteiger partial charge is 0.506 e. The molecule has 0 bridgehead atoms. The van der Waals surface area contributed by atoms with Crippen LogP contribution in [0, 0.1) is 5.92 Å². The third-order valence-electron chi connectivity index (χ3n) is 5.68. The summed E-state index contributed by atoms with van der Waals surface area (Å²) >= 11 is 0. The van der Waals surface area contributed by atoms with Gasteiger partial charge in [0.1, 0.15) is 28.7 Å². The van der Waals surface area contributed by atoms with Crippen molar-refractivity contribution in [2.75, 3.05) is 0 Å². The van der Waals surface area contributed by atoms with Crippen molar-refractivity contribution < 1.29 is 19.1 Å². The van der Waals surface area contributed by atoms with Gasteiger partial charge < -0.3 is 14.3 Å². The number of aromatic hydroxyl groups is 1. The molecule has 0 spiro atoms. The molecule has 0 radical (unpaired) electrons. The highest BCUT2D eigenvalue weighted by Crippen LogP contribution is 2.47. The zero-order chi connectivity index (χ0) is 21.6. The average Bonchev–Trinajstić information content (AvgIpc) is 2.71. The van der Waals surface area contributed by atoms with Crippen LogP contribution in [-0.2, 0) is 6.42 Å². The predicted octanol–water partition coefficient (Wildman–Crippen LogP) is 5.27. The number of carbonyl (C=O) groups is 1. The lowest BCUT2D eigenvalue weighted by atomic mass is 9.86. The number of ketones is 1. The van der Waals surface area contributed by atoms with Gasteiger partial charge in [-0.15, -0.1) is 0 Å². The van der Waals surface area contributed by atoms with Gasteiger partial charge in [0.15, 0.2) is 5.78 Å². The number of Topliss-reactive ketones (excluding diaryl/α,β-unsaturated/α-hetero) is 1. The number of fused-ring (bicyclic) bond motifs is 2. The Hall–Kier alpha value is -3.34. The van der Waals surface area contributed by atoms with E-state index in [2.05, 4.69) is 0 Å². The summed E-state index contributed by atoms with van der Waals surface area (Å²) in [5.74, 6) is -0.464. The Morgan fingerprint density at radius 2 is 1.83 bits per heavy atom. The van der Waals surface area contributed by atoms with Gasteiger partial charge in [0.05, 0.1) is 11.3 Å². The van der Waals surface area contributed by atoms with Gasteiger partial charge in [0.25, 0.3) is 0 Å². The Kier molecular flexibility index (Phi) is 4.98. The molecule has 0 amide bonds. The molecule has 154 valence electrons. The van der Waals surface area contributed by atoms with Gasteiger partial charge in [-0.1, -0.05) is 48.9 Å². The van der Waals surface area contributed by atoms with Crippen LogP contribution in [0.2, 0.25) is 0 Å². The van der Waals surface area contributed by atoms with Crippen LogP contribution < -0.4 is 10.4 Å². The normalized spacial score (nSPS) is 18.1. The fraction of sp³-hybridized carbons (Fsp3) is 0.280. The molecular formula is C25H24O5. The Balaban J connectivity index is 2.17. The number of allylic oxidation sites excluding steroid dienone is 2. The second-order valence-electron chi connectivity index (χ2n) is 8.04. The summed E-state index contributed by atoms with van der Waals surface area (Å²) in [5.41, 5.74) is 2.85. The fourth-order valence-corrected chi connectivity index (χ4v) is 3.85. The number of hydrogen-bond donors (Lipinski definition) is 1. The summed E-state index contributed by atoms with van der Waals surface area (Å²) in [4.78, 5) is 25.6. The fourth-order valence-electron chi connectivity index (χ4n) is 3.85. The first-order chi connectivity index (χ1) is 14.3. The highest BCUT2D eigenvalue weighted by atomic mass is 16.5. The van der Waals surface area contributed by atoms with Crippen LogP contribution >= 0.6 is 0 Å². The van der Waals surface area contributed by atoms with E-state index in [1.165, 1.54) is 6.07 Å². The Bertz CT molecular complexity index is 1230. The van der Waals surface area contributed by atoms with E-state index in [-0.39, 0.29) is 28.8 Å². The first-order valence-corrected chi connectivity index (χ1v) is 10.0. The number of phenolic OH excluding ortho intramolecular Hbond substituents is 1. The molecule has 0 saturated carbocycles. The highest BCUT2D eigenvalue weighted by molar-refractivity contribution is 6.12. The first-order valence-electron chi connectivity index (χ1n) is 10.0. The molecule has 0 aliphatic carbocycles. The molecule has 1 N–H and O–H groups in total. The van der Waals surface area contributed by atoms with Gasteiger partial charge in [0.2, 0.25) is 0 Å². The van der Waals surface area contributed by atoms with E-state index in [1.54, 1.807) is 6.92 Å². The van der Waals surface area contributed by atoms with Crippen molar-refractivity contribution >= 4 is 16.8 Å². The van der Waals surface area contributed by atoms with E-state index in [0.717, 1.165) is 11.1 Å². The number of ether oxygens (including phenoxy) is 1. The van der Waals surface area contributed by atoms with Crippen molar-refractivity contribution in [3.63, 3.8) is 0 Å². The minimum absolute atomic E-state index is 0.163. The molecular weight excluding hydrogens is 380 g/mol. The minimum atomic E-state index is -0.525. The maximum absolute atomic E-state index is 13.1. The van der Waals surface area contributed by atoms with Crippen LogP contribution in [0.1, 0.15) is 43.6 Å². The second kappa shape index (κ2) is 7.48. The standard InChI is InChI=1S/C25H24O5/c1-13(2)10-11-17-24-20(18(12-19(26)30-24)16-8-6-5-7-9-16)23(28)21-22(27)14(3)15(4)29-25(17)21/h5-10,12,14-15,28H,11H2,1-4H3. The summed E-state index contributed by atoms with van der Waals surface area (Å²) in [6.07, 6.45) is 2.05. The molecule has 30 heavy (non-hydrogen) atoms. The zero-order valence-corrected chi connectivity index (χ0v) is 17.5. The minimum Gasteiger partial charge on any atom is -0.506 e. The Morgan fingerprint density at radius 1 is 1.13 bits per heavy atom. The van der Waals surface area contributed by atoms with Crippen LogP contribution in [0.5, 0.6) is 11.5 Å². The predicted molar refractivity (Wildman–Crippen MR) is 116 cm³/mol. The second-order valence-corrected chi connectivity index (χ2v) is 8.04. The summed E-state index contributed by atoms with van der Waals surface area (Å²) < 4.78 is 11.7. The van der Waals surface area contributed by atoms with Crippen LogP contribution in [0.4, 0.5) is 0 Å². The summed E-state index contributed by atoms with van der Waals surface area (Å²) in [6, 6.07) is 10.6. The van der Waals surface area contributed by atoms with Gasteiger partial charge in [-0.2, -0.15) is 0 Å². The zero-order valence-electron chi connectivity index (χ0n) is 17.5. The molecule has 2 aromatic carbocycles. The van der Waals surface area contributed by atoms with Gasteiger partial charge in [-0.05, 0) is 32.8 Å². The summed E-state index contributed by atoms with van der Waals surface area (Å²) in [6.45, 7) is 7.56. The van der Waals surface area contributed by atoms with Crippen molar-refractivity contribution in [3.8, 4) is 22.6 Å². The van der Waals surface area contributed by atoms with E-state index < -0.39 is 11.5 Å². The number of phenols is 1. The van der Waals surface area contributed by atoms with Gasteiger partial charge in [-0.3, -0.25) is 4.79 Å². The van der Waals surface area contributed by atoms with Crippen molar-refractivity contribution in [1.82, 2.24) is 0 Å². The molecule has 1 aliphatic rings. The van der Waals surface area contributed by atoms with Crippen molar-refractivity contribution in [1.29, 1.82) is 0 Å². The molecule has 0 fully saturated rings. The molecule has 2 unspecified atom stereocenters.